The molecule has 0 bridgehead atoms. The molecule has 1 aliphatic heterocycles. The van der Waals surface area contributed by atoms with Crippen molar-refractivity contribution in [1.29, 1.82) is 0 Å². The van der Waals surface area contributed by atoms with Gasteiger partial charge >= 0.3 is 0 Å². The molecular weight excluding hydrogens is 372 g/mol. The molecule has 0 spiro atoms. The summed E-state index contributed by atoms with van der Waals surface area (Å²) >= 11 is 0. The minimum atomic E-state index is -0.698. The highest BCUT2D eigenvalue weighted by Gasteiger charge is 2.48. The number of nitrogens with zero attached hydrogens (tertiary/aromatic N) is 3. The number of likely N-dealkylation sites (tertiary alicyclic amines) is 1. The first-order valence-electron chi connectivity index (χ1n) is 10.1. The molecule has 8 heteroatoms. The first-order valence-corrected chi connectivity index (χ1v) is 10.1. The second kappa shape index (κ2) is 8.42. The molecule has 1 saturated carbocycles. The van der Waals surface area contributed by atoms with Crippen LogP contribution in [0.3, 0.4) is 0 Å². The Kier molecular flexibility index (Phi) is 5.73. The van der Waals surface area contributed by atoms with Gasteiger partial charge in [-0.1, -0.05) is 6.07 Å². The number of aryl methyl sites for hydroxylation is 1. The summed E-state index contributed by atoms with van der Waals surface area (Å²) in [7, 11) is 3.40. The van der Waals surface area contributed by atoms with Gasteiger partial charge in [0.05, 0.1) is 31.7 Å². The lowest BCUT2D eigenvalue weighted by Crippen LogP contribution is -2.52. The van der Waals surface area contributed by atoms with E-state index in [1.54, 1.807) is 37.3 Å². The molecule has 0 unspecified atom stereocenters. The third-order valence-electron chi connectivity index (χ3n) is 5.89. The van der Waals surface area contributed by atoms with Crippen LogP contribution in [-0.2, 0) is 7.05 Å². The Balaban J connectivity index is 1.52. The van der Waals surface area contributed by atoms with Gasteiger partial charge in [-0.15, -0.1) is 0 Å². The lowest BCUT2D eigenvalue weighted by Gasteiger charge is -2.31. The molecule has 2 N–H and O–H groups in total. The summed E-state index contributed by atoms with van der Waals surface area (Å²) in [5.41, 5.74) is 0.497. The fourth-order valence-corrected chi connectivity index (χ4v) is 4.43. The highest BCUT2D eigenvalue weighted by atomic mass is 16.5. The van der Waals surface area contributed by atoms with Crippen molar-refractivity contribution in [3.8, 4) is 11.5 Å². The van der Waals surface area contributed by atoms with Crippen molar-refractivity contribution < 1.29 is 19.4 Å². The van der Waals surface area contributed by atoms with Gasteiger partial charge in [0, 0.05) is 19.5 Å². The first-order chi connectivity index (χ1) is 14.1. The van der Waals surface area contributed by atoms with Crippen LogP contribution in [-0.4, -0.2) is 70.0 Å². The van der Waals surface area contributed by atoms with Gasteiger partial charge in [0.2, 0.25) is 0 Å². The number of hydrogen-bond donors (Lipinski definition) is 2. The van der Waals surface area contributed by atoms with E-state index in [1.807, 2.05) is 18.2 Å². The quantitative estimate of drug-likeness (QED) is 0.758. The van der Waals surface area contributed by atoms with Gasteiger partial charge in [0.1, 0.15) is 29.4 Å². The van der Waals surface area contributed by atoms with Crippen LogP contribution in [0.15, 0.2) is 36.8 Å². The van der Waals surface area contributed by atoms with E-state index in [0.29, 0.717) is 23.6 Å². The van der Waals surface area contributed by atoms with Gasteiger partial charge in [-0.25, -0.2) is 4.98 Å². The number of carbonyl (C=O) groups is 1. The minimum Gasteiger partial charge on any atom is -0.497 e. The Bertz CT molecular complexity index is 849. The predicted octanol–water partition coefficient (Wildman–Crippen LogP) is 1.20. The standard InChI is InChI=1S/C21H28N4O4/c1-24-13-22-12-17(24)21(27)23-16-11-18(20(26)19(16)25-8-3-4-9-25)29-15-7-5-6-14(10-15)28-2/h5-7,10,12-13,16,18-20,26H,3-4,8-9,11H2,1-2H3,(H,23,27)/t16-,18-,19+,20+/m1/s1. The zero-order valence-corrected chi connectivity index (χ0v) is 16.8. The largest absolute Gasteiger partial charge is 0.497 e. The molecule has 2 heterocycles. The number of aliphatic hydroxyl groups excluding tert-OH is 1. The summed E-state index contributed by atoms with van der Waals surface area (Å²) < 4.78 is 13.1. The maximum absolute atomic E-state index is 12.8. The van der Waals surface area contributed by atoms with Gasteiger partial charge in [-0.05, 0) is 38.1 Å². The molecule has 8 nitrogen and oxygen atoms in total. The summed E-state index contributed by atoms with van der Waals surface area (Å²) in [6.45, 7) is 1.84. The van der Waals surface area contributed by atoms with Crippen molar-refractivity contribution in [1.82, 2.24) is 19.8 Å². The maximum Gasteiger partial charge on any atom is 0.269 e. The summed E-state index contributed by atoms with van der Waals surface area (Å²) in [5, 5.41) is 14.2. The van der Waals surface area contributed by atoms with E-state index >= 15 is 0 Å². The monoisotopic (exact) mass is 400 g/mol. The van der Waals surface area contributed by atoms with Crippen LogP contribution in [0, 0.1) is 0 Å². The lowest BCUT2D eigenvalue weighted by atomic mass is 10.1. The zero-order valence-electron chi connectivity index (χ0n) is 16.8. The van der Waals surface area contributed by atoms with Crippen LogP contribution < -0.4 is 14.8 Å². The zero-order chi connectivity index (χ0) is 20.4. The molecule has 1 amide bonds. The van der Waals surface area contributed by atoms with E-state index < -0.39 is 12.2 Å². The topological polar surface area (TPSA) is 88.8 Å². The van der Waals surface area contributed by atoms with Crippen molar-refractivity contribution in [2.45, 2.75) is 43.6 Å². The average molecular weight is 400 g/mol. The van der Waals surface area contributed by atoms with Crippen molar-refractivity contribution in [3.63, 3.8) is 0 Å². The first kappa shape index (κ1) is 19.7. The number of hydrogen-bond acceptors (Lipinski definition) is 6. The Labute approximate surface area is 170 Å². The molecule has 2 aliphatic rings. The molecule has 4 atom stereocenters. The molecule has 156 valence electrons. The number of nitrogens with one attached hydrogen (secondary N) is 1. The van der Waals surface area contributed by atoms with Gasteiger partial charge < -0.3 is 24.5 Å². The number of amides is 1. The molecule has 1 aromatic carbocycles. The van der Waals surface area contributed by atoms with E-state index in [0.717, 1.165) is 25.9 Å². The fourth-order valence-electron chi connectivity index (χ4n) is 4.43. The Morgan fingerprint density at radius 2 is 2.03 bits per heavy atom. The molecule has 2 fully saturated rings. The number of carbonyl (C=O) groups excluding carboxylic acids is 1. The van der Waals surface area contributed by atoms with E-state index in [-0.39, 0.29) is 18.0 Å². The Morgan fingerprint density at radius 3 is 2.72 bits per heavy atom. The van der Waals surface area contributed by atoms with Crippen LogP contribution in [0.1, 0.15) is 29.8 Å². The van der Waals surface area contributed by atoms with Crippen LogP contribution in [0.5, 0.6) is 11.5 Å². The summed E-state index contributed by atoms with van der Waals surface area (Å²) in [6.07, 6.45) is 4.78. The summed E-state index contributed by atoms with van der Waals surface area (Å²) in [4.78, 5) is 19.1. The lowest BCUT2D eigenvalue weighted by molar-refractivity contribution is 0.0138. The fraction of sp³-hybridized carbons (Fsp3) is 0.524. The van der Waals surface area contributed by atoms with Gasteiger partial charge in [-0.2, -0.15) is 0 Å². The van der Waals surface area contributed by atoms with Gasteiger partial charge in [0.15, 0.2) is 0 Å². The van der Waals surface area contributed by atoms with Crippen LogP contribution in [0.25, 0.3) is 0 Å². The van der Waals surface area contributed by atoms with Crippen molar-refractivity contribution in [2.75, 3.05) is 20.2 Å². The highest BCUT2D eigenvalue weighted by Crippen LogP contribution is 2.32. The van der Waals surface area contributed by atoms with E-state index in [4.69, 9.17) is 9.47 Å². The second-order valence-electron chi connectivity index (χ2n) is 7.76. The number of aliphatic hydroxyl groups is 1. The number of imidazole rings is 1. The van der Waals surface area contributed by atoms with Crippen molar-refractivity contribution >= 4 is 5.91 Å². The number of aromatic nitrogens is 2. The molecule has 2 aromatic rings. The van der Waals surface area contributed by atoms with Gasteiger partial charge in [-0.3, -0.25) is 9.69 Å². The van der Waals surface area contributed by atoms with E-state index in [1.165, 1.54) is 0 Å². The van der Waals surface area contributed by atoms with Crippen molar-refractivity contribution in [2.24, 2.45) is 7.05 Å². The molecule has 1 aliphatic carbocycles. The van der Waals surface area contributed by atoms with Crippen LogP contribution in [0.4, 0.5) is 0 Å². The maximum atomic E-state index is 12.8. The normalized spacial score (nSPS) is 27.1. The number of benzene rings is 1. The summed E-state index contributed by atoms with van der Waals surface area (Å²) in [6, 6.07) is 6.98. The predicted molar refractivity (Wildman–Crippen MR) is 107 cm³/mol. The molecule has 29 heavy (non-hydrogen) atoms. The van der Waals surface area contributed by atoms with Gasteiger partial charge in [0.25, 0.3) is 5.91 Å². The molecule has 1 aromatic heterocycles. The third-order valence-corrected chi connectivity index (χ3v) is 5.89. The molecule has 4 rings (SSSR count). The molecule has 1 saturated heterocycles. The summed E-state index contributed by atoms with van der Waals surface area (Å²) in [5.74, 6) is 1.16. The van der Waals surface area contributed by atoms with E-state index in [2.05, 4.69) is 15.2 Å². The number of ether oxygens (including phenoxy) is 2. The minimum absolute atomic E-state index is 0.176. The Hall–Kier alpha value is -2.58. The second-order valence-corrected chi connectivity index (χ2v) is 7.76. The average Bonchev–Trinajstić information content (AvgIpc) is 3.44. The van der Waals surface area contributed by atoms with Crippen molar-refractivity contribution in [3.05, 3.63) is 42.5 Å². The third kappa shape index (κ3) is 4.09. The van der Waals surface area contributed by atoms with Crippen LogP contribution >= 0.6 is 0 Å². The highest BCUT2D eigenvalue weighted by molar-refractivity contribution is 5.92. The van der Waals surface area contributed by atoms with E-state index in [9.17, 15) is 9.90 Å². The van der Waals surface area contributed by atoms with Crippen LogP contribution in [0.2, 0.25) is 0 Å². The smallest absolute Gasteiger partial charge is 0.269 e. The molecular formula is C21H28N4O4. The number of rotatable bonds is 6. The Morgan fingerprint density at radius 1 is 1.28 bits per heavy atom. The number of methoxy groups -OCH3 is 1. The SMILES string of the molecule is COc1cccc(O[C@@H]2C[C@@H](NC(=O)c3cncn3C)[C@H](N3CCCC3)[C@H]2O)c1. The molecule has 0 radical (unpaired) electrons.